The van der Waals surface area contributed by atoms with Crippen LogP contribution in [-0.2, 0) is 9.53 Å². The number of carbonyl (C=O) groups is 1. The van der Waals surface area contributed by atoms with Crippen molar-refractivity contribution in [2.75, 3.05) is 39.5 Å². The molecule has 5 heteroatoms. The van der Waals surface area contributed by atoms with Gasteiger partial charge in [0.2, 0.25) is 5.91 Å². The highest BCUT2D eigenvalue weighted by molar-refractivity contribution is 5.80. The van der Waals surface area contributed by atoms with Crippen molar-refractivity contribution in [1.82, 2.24) is 4.90 Å². The highest BCUT2D eigenvalue weighted by Gasteiger charge is 2.41. The number of rotatable bonds is 4. The van der Waals surface area contributed by atoms with Gasteiger partial charge in [0.1, 0.15) is 0 Å². The van der Waals surface area contributed by atoms with E-state index < -0.39 is 0 Å². The Morgan fingerprint density at radius 2 is 1.73 bits per heavy atom. The van der Waals surface area contributed by atoms with Crippen molar-refractivity contribution in [2.24, 2.45) is 17.8 Å². The fraction of sp³-hybridized carbons (Fsp3) is 0.588. The van der Waals surface area contributed by atoms with Crippen LogP contribution in [0, 0.1) is 17.8 Å². The molecule has 2 aliphatic heterocycles. The van der Waals surface area contributed by atoms with Crippen LogP contribution in [0.25, 0.3) is 0 Å². The molecule has 0 aliphatic carbocycles. The summed E-state index contributed by atoms with van der Waals surface area (Å²) in [6.45, 7) is 2.09. The maximum Gasteiger partial charge on any atom is 0.228 e. The average molecular weight is 305 g/mol. The third kappa shape index (κ3) is 2.89. The van der Waals surface area contributed by atoms with Gasteiger partial charge in [-0.3, -0.25) is 4.79 Å². The first-order valence-corrected chi connectivity index (χ1v) is 7.87. The van der Waals surface area contributed by atoms with Gasteiger partial charge in [0, 0.05) is 44.1 Å². The first kappa shape index (κ1) is 15.5. The second kappa shape index (κ2) is 6.77. The number of hydrogen-bond acceptors (Lipinski definition) is 4. The van der Waals surface area contributed by atoms with Gasteiger partial charge in [-0.15, -0.1) is 0 Å². The summed E-state index contributed by atoms with van der Waals surface area (Å²) in [7, 11) is 0. The lowest BCUT2D eigenvalue weighted by atomic mass is 9.88. The maximum absolute atomic E-state index is 12.8. The van der Waals surface area contributed by atoms with Crippen molar-refractivity contribution >= 4 is 5.91 Å². The van der Waals surface area contributed by atoms with Gasteiger partial charge in [0.15, 0.2) is 0 Å². The first-order valence-electron chi connectivity index (χ1n) is 7.87. The summed E-state index contributed by atoms with van der Waals surface area (Å²) < 4.78 is 5.56. The molecule has 1 amide bonds. The number of amides is 1. The Morgan fingerprint density at radius 1 is 1.09 bits per heavy atom. The number of carbonyl (C=O) groups excluding carboxylic acids is 1. The van der Waals surface area contributed by atoms with E-state index in [0.29, 0.717) is 26.3 Å². The van der Waals surface area contributed by atoms with Crippen LogP contribution < -0.4 is 0 Å². The number of benzene rings is 1. The van der Waals surface area contributed by atoms with E-state index in [-0.39, 0.29) is 42.8 Å². The summed E-state index contributed by atoms with van der Waals surface area (Å²) in [5, 5.41) is 18.8. The summed E-state index contributed by atoms with van der Waals surface area (Å²) in [6.07, 6.45) is 0. The highest BCUT2D eigenvalue weighted by Crippen LogP contribution is 2.34. The van der Waals surface area contributed by atoms with Crippen molar-refractivity contribution in [3.8, 4) is 0 Å². The van der Waals surface area contributed by atoms with Gasteiger partial charge in [-0.1, -0.05) is 30.3 Å². The molecule has 2 saturated heterocycles. The Labute approximate surface area is 130 Å². The van der Waals surface area contributed by atoms with Gasteiger partial charge in [-0.2, -0.15) is 0 Å². The van der Waals surface area contributed by atoms with Crippen LogP contribution in [-0.4, -0.2) is 60.5 Å². The SMILES string of the molecule is O=C(C1COCC1c1ccccc1)N1C[C@@H](CO)[C@H](CO)C1. The van der Waals surface area contributed by atoms with E-state index in [4.69, 9.17) is 4.74 Å². The zero-order valence-corrected chi connectivity index (χ0v) is 12.6. The van der Waals surface area contributed by atoms with E-state index in [2.05, 4.69) is 0 Å². The van der Waals surface area contributed by atoms with Crippen LogP contribution in [0.15, 0.2) is 30.3 Å². The van der Waals surface area contributed by atoms with Crippen LogP contribution in [0.1, 0.15) is 11.5 Å². The summed E-state index contributed by atoms with van der Waals surface area (Å²) in [4.78, 5) is 14.6. The van der Waals surface area contributed by atoms with Crippen LogP contribution in [0.5, 0.6) is 0 Å². The third-order valence-electron chi connectivity index (χ3n) is 4.98. The second-order valence-corrected chi connectivity index (χ2v) is 6.29. The molecule has 4 atom stereocenters. The van der Waals surface area contributed by atoms with Crippen LogP contribution in [0.2, 0.25) is 0 Å². The zero-order valence-electron chi connectivity index (χ0n) is 12.6. The van der Waals surface area contributed by atoms with Gasteiger partial charge >= 0.3 is 0 Å². The summed E-state index contributed by atoms with van der Waals surface area (Å²) in [5.74, 6) is -0.0349. The normalized spacial score (nSPS) is 31.6. The van der Waals surface area contributed by atoms with Crippen LogP contribution >= 0.6 is 0 Å². The Bertz CT molecular complexity index is 495. The van der Waals surface area contributed by atoms with E-state index in [1.165, 1.54) is 0 Å². The molecule has 3 rings (SSSR count). The van der Waals surface area contributed by atoms with Gasteiger partial charge < -0.3 is 19.8 Å². The fourth-order valence-corrected chi connectivity index (χ4v) is 3.59. The monoisotopic (exact) mass is 305 g/mol. The molecule has 0 bridgehead atoms. The largest absolute Gasteiger partial charge is 0.396 e. The second-order valence-electron chi connectivity index (χ2n) is 6.29. The smallest absolute Gasteiger partial charge is 0.228 e. The maximum atomic E-state index is 12.8. The molecule has 0 spiro atoms. The molecule has 2 N–H and O–H groups in total. The van der Waals surface area contributed by atoms with E-state index in [1.807, 2.05) is 30.3 Å². The summed E-state index contributed by atoms with van der Waals surface area (Å²) >= 11 is 0. The topological polar surface area (TPSA) is 70.0 Å². The van der Waals surface area contributed by atoms with Crippen LogP contribution in [0.4, 0.5) is 0 Å². The average Bonchev–Trinajstić information content (AvgIpc) is 3.21. The minimum absolute atomic E-state index is 0.0122. The molecule has 22 heavy (non-hydrogen) atoms. The van der Waals surface area contributed by atoms with Crippen LogP contribution in [0.3, 0.4) is 0 Å². The van der Waals surface area contributed by atoms with Crippen molar-refractivity contribution < 1.29 is 19.7 Å². The van der Waals surface area contributed by atoms with E-state index in [1.54, 1.807) is 4.90 Å². The van der Waals surface area contributed by atoms with Crippen molar-refractivity contribution in [3.05, 3.63) is 35.9 Å². The number of ether oxygens (including phenoxy) is 1. The molecule has 0 saturated carbocycles. The minimum Gasteiger partial charge on any atom is -0.396 e. The molecule has 2 unspecified atom stereocenters. The first-order chi connectivity index (χ1) is 10.7. The molecule has 5 nitrogen and oxygen atoms in total. The zero-order chi connectivity index (χ0) is 15.5. The Balaban J connectivity index is 1.72. The minimum atomic E-state index is -0.167. The number of aliphatic hydroxyl groups is 2. The quantitative estimate of drug-likeness (QED) is 0.849. The molecule has 0 aromatic heterocycles. The van der Waals surface area contributed by atoms with Gasteiger partial charge in [-0.05, 0) is 5.56 Å². The van der Waals surface area contributed by atoms with Gasteiger partial charge in [-0.25, -0.2) is 0 Å². The van der Waals surface area contributed by atoms with E-state index in [9.17, 15) is 15.0 Å². The molecule has 1 aromatic rings. The number of nitrogens with zero attached hydrogens (tertiary/aromatic N) is 1. The lowest BCUT2D eigenvalue weighted by Crippen LogP contribution is -2.37. The van der Waals surface area contributed by atoms with Gasteiger partial charge in [0.05, 0.1) is 19.1 Å². The van der Waals surface area contributed by atoms with E-state index in [0.717, 1.165) is 5.56 Å². The Kier molecular flexibility index (Phi) is 4.76. The molecule has 2 aliphatic rings. The van der Waals surface area contributed by atoms with E-state index >= 15 is 0 Å². The number of likely N-dealkylation sites (tertiary alicyclic amines) is 1. The lowest BCUT2D eigenvalue weighted by Gasteiger charge is -2.24. The summed E-state index contributed by atoms with van der Waals surface area (Å²) in [5.41, 5.74) is 1.13. The molecular formula is C17H23NO4. The number of aliphatic hydroxyl groups excluding tert-OH is 2. The highest BCUT2D eigenvalue weighted by atomic mass is 16.5. The Hall–Kier alpha value is -1.43. The summed E-state index contributed by atoms with van der Waals surface area (Å²) in [6, 6.07) is 10.0. The predicted octanol–water partition coefficient (Wildman–Crippen LogP) is 0.476. The molecule has 2 heterocycles. The molecule has 2 fully saturated rings. The fourth-order valence-electron chi connectivity index (χ4n) is 3.59. The third-order valence-corrected chi connectivity index (χ3v) is 4.98. The molecular weight excluding hydrogens is 282 g/mol. The van der Waals surface area contributed by atoms with Crippen molar-refractivity contribution in [1.29, 1.82) is 0 Å². The molecule has 1 aromatic carbocycles. The Morgan fingerprint density at radius 3 is 2.32 bits per heavy atom. The molecule has 0 radical (unpaired) electrons. The predicted molar refractivity (Wildman–Crippen MR) is 81.2 cm³/mol. The standard InChI is InChI=1S/C17H23NO4/c19-8-13-6-18(7-14(13)9-20)17(21)16-11-22-10-15(16)12-4-2-1-3-5-12/h1-5,13-16,19-20H,6-11H2/t13-,14-,15?,16?/m0/s1. The molecule has 120 valence electrons. The number of hydrogen-bond donors (Lipinski definition) is 2. The van der Waals surface area contributed by atoms with Crippen molar-refractivity contribution in [2.45, 2.75) is 5.92 Å². The lowest BCUT2D eigenvalue weighted by molar-refractivity contribution is -0.135. The van der Waals surface area contributed by atoms with Crippen molar-refractivity contribution in [3.63, 3.8) is 0 Å². The van der Waals surface area contributed by atoms with Gasteiger partial charge in [0.25, 0.3) is 0 Å².